The first-order valence-corrected chi connectivity index (χ1v) is 5.21. The highest BCUT2D eigenvalue weighted by atomic mass is 16.5. The van der Waals surface area contributed by atoms with Crippen molar-refractivity contribution in [2.75, 3.05) is 0 Å². The van der Waals surface area contributed by atoms with Crippen molar-refractivity contribution in [2.24, 2.45) is 0 Å². The highest BCUT2D eigenvalue weighted by Gasteiger charge is 2.28. The molecule has 0 atom stereocenters. The Bertz CT molecular complexity index is 303. The number of hydrogen-bond donors (Lipinski definition) is 1. The zero-order valence-electron chi connectivity index (χ0n) is 8.44. The van der Waals surface area contributed by atoms with Crippen molar-refractivity contribution in [3.8, 4) is 5.75 Å². The van der Waals surface area contributed by atoms with Crippen LogP contribution in [0.5, 0.6) is 5.75 Å². The summed E-state index contributed by atoms with van der Waals surface area (Å²) in [5.41, 5.74) is 1.29. The van der Waals surface area contributed by atoms with Gasteiger partial charge in [-0.25, -0.2) is 0 Å². The Morgan fingerprint density at radius 1 is 1.43 bits per heavy atom. The van der Waals surface area contributed by atoms with Gasteiger partial charge in [0.2, 0.25) is 0 Å². The van der Waals surface area contributed by atoms with E-state index >= 15 is 0 Å². The number of aliphatic hydroxyl groups excluding tert-OH is 1. The molecule has 1 aliphatic carbocycles. The molecular formula is C12H16O2. The Morgan fingerprint density at radius 3 is 2.86 bits per heavy atom. The molecule has 1 aliphatic rings. The molecule has 0 saturated heterocycles. The molecule has 0 spiro atoms. The van der Waals surface area contributed by atoms with E-state index in [9.17, 15) is 0 Å². The van der Waals surface area contributed by atoms with E-state index in [1.54, 1.807) is 0 Å². The Labute approximate surface area is 84.5 Å². The number of aliphatic hydroxyl groups is 1. The second-order valence-electron chi connectivity index (χ2n) is 3.87. The fourth-order valence-electron chi connectivity index (χ4n) is 1.67. The van der Waals surface area contributed by atoms with Crippen LogP contribution in [0.4, 0.5) is 0 Å². The van der Waals surface area contributed by atoms with Crippen molar-refractivity contribution in [1.82, 2.24) is 0 Å². The lowest BCUT2D eigenvalue weighted by Gasteiger charge is -2.31. The van der Waals surface area contributed by atoms with Crippen LogP contribution in [0.25, 0.3) is 0 Å². The second kappa shape index (κ2) is 4.01. The minimum atomic E-state index is -0.144. The quantitative estimate of drug-likeness (QED) is 0.795. The number of hydrogen-bond acceptors (Lipinski definition) is 2. The molecule has 0 aliphatic heterocycles. The molecule has 0 heterocycles. The first-order chi connectivity index (χ1) is 6.78. The fraction of sp³-hybridized carbons (Fsp3) is 0.500. The largest absolute Gasteiger partial charge is 0.490 e. The van der Waals surface area contributed by atoms with Gasteiger partial charge in [-0.1, -0.05) is 19.1 Å². The van der Waals surface area contributed by atoms with Gasteiger partial charge in [0.25, 0.3) is 0 Å². The van der Waals surface area contributed by atoms with Crippen molar-refractivity contribution in [2.45, 2.75) is 38.4 Å². The summed E-state index contributed by atoms with van der Waals surface area (Å²) >= 11 is 0. The second-order valence-corrected chi connectivity index (χ2v) is 3.87. The van der Waals surface area contributed by atoms with E-state index in [1.165, 1.54) is 5.56 Å². The molecule has 0 bridgehead atoms. The smallest absolute Gasteiger partial charge is 0.119 e. The van der Waals surface area contributed by atoms with Crippen LogP contribution in [-0.4, -0.2) is 17.3 Å². The van der Waals surface area contributed by atoms with Crippen molar-refractivity contribution < 1.29 is 9.84 Å². The van der Waals surface area contributed by atoms with Gasteiger partial charge in [0.05, 0.1) is 6.10 Å². The van der Waals surface area contributed by atoms with E-state index in [4.69, 9.17) is 9.84 Å². The van der Waals surface area contributed by atoms with Gasteiger partial charge in [-0.15, -0.1) is 0 Å². The normalized spacial score (nSPS) is 25.6. The number of aryl methyl sites for hydroxylation is 1. The van der Waals surface area contributed by atoms with Crippen molar-refractivity contribution >= 4 is 0 Å². The van der Waals surface area contributed by atoms with Gasteiger partial charge in [-0.05, 0) is 24.1 Å². The first-order valence-electron chi connectivity index (χ1n) is 5.21. The average molecular weight is 192 g/mol. The first kappa shape index (κ1) is 9.53. The van der Waals surface area contributed by atoms with E-state index < -0.39 is 0 Å². The van der Waals surface area contributed by atoms with E-state index in [0.717, 1.165) is 25.0 Å². The summed E-state index contributed by atoms with van der Waals surface area (Å²) in [6.45, 7) is 2.13. The zero-order valence-corrected chi connectivity index (χ0v) is 8.44. The Hall–Kier alpha value is -1.02. The standard InChI is InChI=1S/C12H16O2/c1-2-9-4-3-5-11(6-9)14-12-7-10(13)8-12/h3-6,10,12-13H,2,7-8H2,1H3. The van der Waals surface area contributed by atoms with Crippen LogP contribution in [0, 0.1) is 0 Å². The van der Waals surface area contributed by atoms with Crippen LogP contribution in [0.1, 0.15) is 25.3 Å². The lowest BCUT2D eigenvalue weighted by Crippen LogP contribution is -2.37. The highest BCUT2D eigenvalue weighted by molar-refractivity contribution is 5.28. The monoisotopic (exact) mass is 192 g/mol. The number of ether oxygens (including phenoxy) is 1. The molecule has 1 N–H and O–H groups in total. The Kier molecular flexibility index (Phi) is 2.73. The SMILES string of the molecule is CCc1cccc(OC2CC(O)C2)c1. The summed E-state index contributed by atoms with van der Waals surface area (Å²) in [7, 11) is 0. The molecule has 1 saturated carbocycles. The van der Waals surface area contributed by atoms with Gasteiger partial charge in [-0.2, -0.15) is 0 Å². The summed E-state index contributed by atoms with van der Waals surface area (Å²) in [5, 5.41) is 9.12. The highest BCUT2D eigenvalue weighted by Crippen LogP contribution is 2.26. The van der Waals surface area contributed by atoms with E-state index in [-0.39, 0.29) is 12.2 Å². The topological polar surface area (TPSA) is 29.5 Å². The molecule has 0 amide bonds. The summed E-state index contributed by atoms with van der Waals surface area (Å²) in [6, 6.07) is 8.17. The molecule has 76 valence electrons. The Morgan fingerprint density at radius 2 is 2.21 bits per heavy atom. The van der Waals surface area contributed by atoms with Crippen molar-refractivity contribution in [3.63, 3.8) is 0 Å². The predicted octanol–water partition coefficient (Wildman–Crippen LogP) is 2.15. The summed E-state index contributed by atoms with van der Waals surface area (Å²) in [4.78, 5) is 0. The van der Waals surface area contributed by atoms with Crippen LogP contribution in [-0.2, 0) is 6.42 Å². The molecular weight excluding hydrogens is 176 g/mol. The minimum Gasteiger partial charge on any atom is -0.490 e. The lowest BCUT2D eigenvalue weighted by atomic mass is 9.92. The van der Waals surface area contributed by atoms with Crippen LogP contribution in [0.3, 0.4) is 0 Å². The van der Waals surface area contributed by atoms with Crippen molar-refractivity contribution in [1.29, 1.82) is 0 Å². The minimum absolute atomic E-state index is 0.144. The molecule has 1 aromatic rings. The molecule has 0 aromatic heterocycles. The molecule has 2 rings (SSSR count). The third kappa shape index (κ3) is 2.07. The summed E-state index contributed by atoms with van der Waals surface area (Å²) < 4.78 is 5.70. The third-order valence-corrected chi connectivity index (χ3v) is 2.68. The Balaban J connectivity index is 1.95. The third-order valence-electron chi connectivity index (χ3n) is 2.68. The molecule has 14 heavy (non-hydrogen) atoms. The van der Waals surface area contributed by atoms with E-state index in [2.05, 4.69) is 19.1 Å². The zero-order chi connectivity index (χ0) is 9.97. The van der Waals surface area contributed by atoms with Crippen molar-refractivity contribution in [3.05, 3.63) is 29.8 Å². The fourth-order valence-corrected chi connectivity index (χ4v) is 1.67. The van der Waals surface area contributed by atoms with E-state index in [1.807, 2.05) is 12.1 Å². The average Bonchev–Trinajstić information content (AvgIpc) is 2.16. The molecule has 1 aromatic carbocycles. The summed E-state index contributed by atoms with van der Waals surface area (Å²) in [6.07, 6.45) is 2.66. The molecule has 0 unspecified atom stereocenters. The molecule has 2 heteroatoms. The maximum atomic E-state index is 9.12. The summed E-state index contributed by atoms with van der Waals surface area (Å²) in [5.74, 6) is 0.932. The van der Waals surface area contributed by atoms with Gasteiger partial charge in [0, 0.05) is 12.8 Å². The lowest BCUT2D eigenvalue weighted by molar-refractivity contribution is -0.0108. The molecule has 1 fully saturated rings. The van der Waals surface area contributed by atoms with Gasteiger partial charge < -0.3 is 9.84 Å². The van der Waals surface area contributed by atoms with E-state index in [0.29, 0.717) is 0 Å². The van der Waals surface area contributed by atoms with Gasteiger partial charge in [0.1, 0.15) is 11.9 Å². The van der Waals surface area contributed by atoms with Gasteiger partial charge >= 0.3 is 0 Å². The maximum Gasteiger partial charge on any atom is 0.119 e. The molecule has 2 nitrogen and oxygen atoms in total. The maximum absolute atomic E-state index is 9.12. The van der Waals surface area contributed by atoms with Crippen LogP contribution >= 0.6 is 0 Å². The predicted molar refractivity (Wildman–Crippen MR) is 55.5 cm³/mol. The van der Waals surface area contributed by atoms with Gasteiger partial charge in [-0.3, -0.25) is 0 Å². The van der Waals surface area contributed by atoms with Crippen LogP contribution in [0.2, 0.25) is 0 Å². The van der Waals surface area contributed by atoms with Crippen LogP contribution < -0.4 is 4.74 Å². The number of rotatable bonds is 3. The number of benzene rings is 1. The van der Waals surface area contributed by atoms with Gasteiger partial charge in [0.15, 0.2) is 0 Å². The van der Waals surface area contributed by atoms with Crippen LogP contribution in [0.15, 0.2) is 24.3 Å². The molecule has 0 radical (unpaired) electrons.